The molecule has 7 heteroatoms. The largest absolute Gasteiger partial charge is 0.475 e. The zero-order valence-electron chi connectivity index (χ0n) is 7.65. The van der Waals surface area contributed by atoms with E-state index >= 15 is 0 Å². The van der Waals surface area contributed by atoms with Gasteiger partial charge < -0.3 is 5.11 Å². The van der Waals surface area contributed by atoms with Crippen molar-refractivity contribution in [3.05, 3.63) is 34.1 Å². The zero-order chi connectivity index (χ0) is 11.7. The van der Waals surface area contributed by atoms with Crippen LogP contribution in [0.3, 0.4) is 0 Å². The first-order valence-electron chi connectivity index (χ1n) is 4.10. The number of rotatable bonds is 2. The van der Waals surface area contributed by atoms with Gasteiger partial charge in [-0.05, 0) is 23.7 Å². The van der Waals surface area contributed by atoms with Crippen LogP contribution in [0.15, 0.2) is 18.2 Å². The predicted molar refractivity (Wildman–Crippen MR) is 62.3 cm³/mol. The summed E-state index contributed by atoms with van der Waals surface area (Å²) in [4.78, 5) is 14.5. The highest BCUT2D eigenvalue weighted by Crippen LogP contribution is 2.29. The van der Waals surface area contributed by atoms with E-state index in [9.17, 15) is 4.79 Å². The average molecular weight is 275 g/mol. The van der Waals surface area contributed by atoms with E-state index in [2.05, 4.69) is 9.36 Å². The molecule has 16 heavy (non-hydrogen) atoms. The molecule has 0 spiro atoms. The monoisotopic (exact) mass is 274 g/mol. The number of halogens is 2. The van der Waals surface area contributed by atoms with Crippen molar-refractivity contribution in [2.75, 3.05) is 0 Å². The Balaban J connectivity index is 2.42. The molecular formula is C9H4Cl2N2O2S. The molecule has 1 aromatic heterocycles. The molecule has 4 nitrogen and oxygen atoms in total. The number of hydrogen-bond acceptors (Lipinski definition) is 4. The van der Waals surface area contributed by atoms with E-state index in [0.29, 0.717) is 20.6 Å². The van der Waals surface area contributed by atoms with Crippen molar-refractivity contribution < 1.29 is 9.90 Å². The van der Waals surface area contributed by atoms with Crippen molar-refractivity contribution in [2.45, 2.75) is 0 Å². The Morgan fingerprint density at radius 2 is 2.06 bits per heavy atom. The highest BCUT2D eigenvalue weighted by atomic mass is 35.5. The molecule has 0 fully saturated rings. The number of aromatic carboxylic acids is 1. The maximum Gasteiger partial charge on any atom is 0.375 e. The van der Waals surface area contributed by atoms with Crippen LogP contribution in [0.1, 0.15) is 10.6 Å². The molecule has 2 aromatic rings. The fourth-order valence-corrected chi connectivity index (χ4v) is 2.01. The Labute approximate surface area is 105 Å². The molecule has 0 bridgehead atoms. The molecule has 82 valence electrons. The van der Waals surface area contributed by atoms with Crippen LogP contribution in [0, 0.1) is 0 Å². The van der Waals surface area contributed by atoms with Crippen molar-refractivity contribution in [1.29, 1.82) is 0 Å². The Bertz CT molecular complexity index is 556. The van der Waals surface area contributed by atoms with Crippen molar-refractivity contribution in [1.82, 2.24) is 9.36 Å². The molecule has 0 unspecified atom stereocenters. The molecular weight excluding hydrogens is 271 g/mol. The average Bonchev–Trinajstić information content (AvgIpc) is 2.71. The van der Waals surface area contributed by atoms with Gasteiger partial charge in [-0.1, -0.05) is 29.3 Å². The van der Waals surface area contributed by atoms with Crippen molar-refractivity contribution in [3.8, 4) is 10.6 Å². The molecule has 0 amide bonds. The lowest BCUT2D eigenvalue weighted by Gasteiger charge is -1.97. The summed E-state index contributed by atoms with van der Waals surface area (Å²) in [5, 5.41) is 10.0. The molecule has 1 heterocycles. The van der Waals surface area contributed by atoms with Gasteiger partial charge in [0, 0.05) is 5.56 Å². The fraction of sp³-hybridized carbons (Fsp3) is 0. The third-order valence-corrected chi connectivity index (χ3v) is 3.29. The minimum atomic E-state index is -1.15. The third kappa shape index (κ3) is 2.16. The van der Waals surface area contributed by atoms with Gasteiger partial charge in [0.15, 0.2) is 0 Å². The minimum absolute atomic E-state index is 0.217. The van der Waals surface area contributed by atoms with E-state index in [1.165, 1.54) is 0 Å². The van der Waals surface area contributed by atoms with Gasteiger partial charge >= 0.3 is 5.97 Å². The number of carbonyl (C=O) groups is 1. The van der Waals surface area contributed by atoms with Gasteiger partial charge in [-0.2, -0.15) is 4.37 Å². The molecule has 0 atom stereocenters. The van der Waals surface area contributed by atoms with Crippen LogP contribution in [0.4, 0.5) is 0 Å². The highest BCUT2D eigenvalue weighted by molar-refractivity contribution is 7.09. The second kappa shape index (κ2) is 4.37. The summed E-state index contributed by atoms with van der Waals surface area (Å²) in [7, 11) is 0. The first kappa shape index (κ1) is 11.3. The summed E-state index contributed by atoms with van der Waals surface area (Å²) in [6.07, 6.45) is 0. The summed E-state index contributed by atoms with van der Waals surface area (Å²) >= 11 is 12.6. The smallest absolute Gasteiger partial charge is 0.375 e. The Morgan fingerprint density at radius 1 is 1.31 bits per heavy atom. The molecule has 1 N–H and O–H groups in total. The van der Waals surface area contributed by atoms with Crippen LogP contribution in [0.5, 0.6) is 0 Å². The van der Waals surface area contributed by atoms with E-state index < -0.39 is 5.97 Å². The SMILES string of the molecule is O=C(O)c1nsc(-c2ccc(Cl)c(Cl)c2)n1. The van der Waals surface area contributed by atoms with E-state index in [0.717, 1.165) is 11.5 Å². The summed E-state index contributed by atoms with van der Waals surface area (Å²) in [5.74, 6) is -1.37. The lowest BCUT2D eigenvalue weighted by atomic mass is 10.2. The summed E-state index contributed by atoms with van der Waals surface area (Å²) in [5.41, 5.74) is 0.694. The second-order valence-corrected chi connectivity index (χ2v) is 4.42. The molecule has 0 aliphatic rings. The van der Waals surface area contributed by atoms with Gasteiger partial charge in [-0.25, -0.2) is 9.78 Å². The maximum absolute atomic E-state index is 10.6. The maximum atomic E-state index is 10.6. The summed E-state index contributed by atoms with van der Waals surface area (Å²) < 4.78 is 3.70. The van der Waals surface area contributed by atoms with Crippen LogP contribution >= 0.6 is 34.7 Å². The number of carboxylic acids is 1. The van der Waals surface area contributed by atoms with Crippen LogP contribution in [-0.4, -0.2) is 20.4 Å². The first-order chi connectivity index (χ1) is 7.58. The Hall–Kier alpha value is -1.17. The van der Waals surface area contributed by atoms with Crippen LogP contribution < -0.4 is 0 Å². The molecule has 0 radical (unpaired) electrons. The molecule has 0 saturated heterocycles. The van der Waals surface area contributed by atoms with E-state index in [-0.39, 0.29) is 5.82 Å². The fourth-order valence-electron chi connectivity index (χ4n) is 1.06. The van der Waals surface area contributed by atoms with Gasteiger partial charge in [0.2, 0.25) is 0 Å². The quantitative estimate of drug-likeness (QED) is 0.914. The standard InChI is InChI=1S/C9H4Cl2N2O2S/c10-5-2-1-4(3-6(5)11)8-12-7(9(14)15)13-16-8/h1-3H,(H,14,15). The van der Waals surface area contributed by atoms with Gasteiger partial charge in [0.05, 0.1) is 10.0 Å². The van der Waals surface area contributed by atoms with Gasteiger partial charge in [0.25, 0.3) is 5.82 Å². The highest BCUT2D eigenvalue weighted by Gasteiger charge is 2.12. The van der Waals surface area contributed by atoms with Gasteiger partial charge in [-0.3, -0.25) is 0 Å². The normalized spacial score (nSPS) is 10.4. The van der Waals surface area contributed by atoms with Crippen molar-refractivity contribution >= 4 is 40.7 Å². The number of aromatic nitrogens is 2. The summed E-state index contributed by atoms with van der Waals surface area (Å²) in [6, 6.07) is 4.96. The minimum Gasteiger partial charge on any atom is -0.475 e. The number of nitrogens with zero attached hydrogens (tertiary/aromatic N) is 2. The third-order valence-electron chi connectivity index (χ3n) is 1.78. The second-order valence-electron chi connectivity index (χ2n) is 2.86. The Morgan fingerprint density at radius 3 is 2.62 bits per heavy atom. The molecule has 0 aliphatic heterocycles. The number of hydrogen-bond donors (Lipinski definition) is 1. The predicted octanol–water partition coefficient (Wildman–Crippen LogP) is 3.21. The van der Waals surface area contributed by atoms with Crippen molar-refractivity contribution in [3.63, 3.8) is 0 Å². The van der Waals surface area contributed by atoms with Gasteiger partial charge in [0.1, 0.15) is 5.01 Å². The van der Waals surface area contributed by atoms with Crippen LogP contribution in [-0.2, 0) is 0 Å². The molecule has 1 aromatic carbocycles. The molecule has 0 saturated carbocycles. The van der Waals surface area contributed by atoms with Crippen LogP contribution in [0.25, 0.3) is 10.6 Å². The Kier molecular flexibility index (Phi) is 3.09. The zero-order valence-corrected chi connectivity index (χ0v) is 9.97. The van der Waals surface area contributed by atoms with E-state index in [1.54, 1.807) is 18.2 Å². The number of benzene rings is 1. The van der Waals surface area contributed by atoms with Crippen molar-refractivity contribution in [2.24, 2.45) is 0 Å². The first-order valence-corrected chi connectivity index (χ1v) is 5.63. The molecule has 2 rings (SSSR count). The topological polar surface area (TPSA) is 63.1 Å². The van der Waals surface area contributed by atoms with E-state index in [4.69, 9.17) is 28.3 Å². The lowest BCUT2D eigenvalue weighted by Crippen LogP contribution is -1.98. The van der Waals surface area contributed by atoms with E-state index in [1.807, 2.05) is 0 Å². The number of carboxylic acid groups (broad SMARTS) is 1. The summed E-state index contributed by atoms with van der Waals surface area (Å²) in [6.45, 7) is 0. The van der Waals surface area contributed by atoms with Gasteiger partial charge in [-0.15, -0.1) is 0 Å². The molecule has 0 aliphatic carbocycles. The van der Waals surface area contributed by atoms with Crippen LogP contribution in [0.2, 0.25) is 10.0 Å². The lowest BCUT2D eigenvalue weighted by molar-refractivity contribution is 0.0685.